The molecule has 1 aromatic rings. The fourth-order valence-electron chi connectivity index (χ4n) is 2.64. The Morgan fingerprint density at radius 3 is 3.00 bits per heavy atom. The summed E-state index contributed by atoms with van der Waals surface area (Å²) in [5.41, 5.74) is 1.01. The zero-order valence-electron chi connectivity index (χ0n) is 11.0. The molecule has 2 heterocycles. The molecule has 1 aromatic heterocycles. The Morgan fingerprint density at radius 1 is 1.42 bits per heavy atom. The van der Waals surface area contributed by atoms with Gasteiger partial charge in [0.25, 0.3) is 0 Å². The number of likely N-dealkylation sites (tertiary alicyclic amines) is 1. The SMILES string of the molecule is O=C(Cn1cc(C2CC2)nn1)N1CCCC(CO)C1. The molecule has 1 N–H and O–H groups in total. The summed E-state index contributed by atoms with van der Waals surface area (Å²) in [6.45, 7) is 1.88. The van der Waals surface area contributed by atoms with Crippen molar-refractivity contribution in [2.45, 2.75) is 38.1 Å². The van der Waals surface area contributed by atoms with Crippen LogP contribution < -0.4 is 0 Å². The minimum atomic E-state index is 0.0744. The first-order chi connectivity index (χ1) is 9.26. The third-order valence-corrected chi connectivity index (χ3v) is 3.98. The predicted molar refractivity (Wildman–Crippen MR) is 68.4 cm³/mol. The van der Waals surface area contributed by atoms with Crippen molar-refractivity contribution in [1.82, 2.24) is 19.9 Å². The summed E-state index contributed by atoms with van der Waals surface area (Å²) in [4.78, 5) is 14.0. The van der Waals surface area contributed by atoms with Gasteiger partial charge < -0.3 is 10.0 Å². The van der Waals surface area contributed by atoms with E-state index in [1.165, 1.54) is 12.8 Å². The monoisotopic (exact) mass is 264 g/mol. The smallest absolute Gasteiger partial charge is 0.244 e. The Morgan fingerprint density at radius 2 is 2.26 bits per heavy atom. The van der Waals surface area contributed by atoms with Crippen molar-refractivity contribution in [3.63, 3.8) is 0 Å². The van der Waals surface area contributed by atoms with Crippen LogP contribution >= 0.6 is 0 Å². The Bertz CT molecular complexity index is 455. The lowest BCUT2D eigenvalue weighted by Gasteiger charge is -2.31. The van der Waals surface area contributed by atoms with Gasteiger partial charge >= 0.3 is 0 Å². The highest BCUT2D eigenvalue weighted by Crippen LogP contribution is 2.38. The number of aliphatic hydroxyl groups excluding tert-OH is 1. The van der Waals surface area contributed by atoms with E-state index in [4.69, 9.17) is 0 Å². The van der Waals surface area contributed by atoms with Crippen molar-refractivity contribution in [1.29, 1.82) is 0 Å². The second kappa shape index (κ2) is 5.28. The molecule has 6 nitrogen and oxygen atoms in total. The molecule has 0 radical (unpaired) electrons. The van der Waals surface area contributed by atoms with Crippen LogP contribution in [-0.2, 0) is 11.3 Å². The number of amides is 1. The number of hydrogen-bond donors (Lipinski definition) is 1. The van der Waals surface area contributed by atoms with Crippen LogP contribution in [0.4, 0.5) is 0 Å². The van der Waals surface area contributed by atoms with Gasteiger partial charge in [-0.3, -0.25) is 4.79 Å². The second-order valence-electron chi connectivity index (χ2n) is 5.65. The molecule has 0 aromatic carbocycles. The number of carbonyl (C=O) groups is 1. The third kappa shape index (κ3) is 2.94. The third-order valence-electron chi connectivity index (χ3n) is 3.98. The lowest BCUT2D eigenvalue weighted by molar-refractivity contribution is -0.134. The zero-order valence-corrected chi connectivity index (χ0v) is 11.0. The van der Waals surface area contributed by atoms with Gasteiger partial charge in [0.05, 0.1) is 5.69 Å². The second-order valence-corrected chi connectivity index (χ2v) is 5.65. The average Bonchev–Trinajstić information content (AvgIpc) is 3.19. The van der Waals surface area contributed by atoms with E-state index in [1.807, 2.05) is 11.1 Å². The molecule has 0 spiro atoms. The zero-order chi connectivity index (χ0) is 13.2. The minimum absolute atomic E-state index is 0.0744. The topological polar surface area (TPSA) is 71.2 Å². The quantitative estimate of drug-likeness (QED) is 0.853. The van der Waals surface area contributed by atoms with Crippen molar-refractivity contribution in [3.8, 4) is 0 Å². The first-order valence-corrected chi connectivity index (χ1v) is 7.05. The molecule has 1 saturated carbocycles. The number of rotatable bonds is 4. The van der Waals surface area contributed by atoms with Crippen LogP contribution in [0.5, 0.6) is 0 Å². The molecule has 1 aliphatic carbocycles. The van der Waals surface area contributed by atoms with Crippen molar-refractivity contribution in [2.24, 2.45) is 5.92 Å². The van der Waals surface area contributed by atoms with Gasteiger partial charge in [0.15, 0.2) is 0 Å². The molecule has 0 bridgehead atoms. The summed E-state index contributed by atoms with van der Waals surface area (Å²) in [7, 11) is 0. The number of aliphatic hydroxyl groups is 1. The van der Waals surface area contributed by atoms with Crippen LogP contribution in [-0.4, -0.2) is 50.6 Å². The van der Waals surface area contributed by atoms with E-state index in [0.717, 1.165) is 25.1 Å². The number of nitrogens with zero attached hydrogens (tertiary/aromatic N) is 4. The number of hydrogen-bond acceptors (Lipinski definition) is 4. The molecule has 1 unspecified atom stereocenters. The summed E-state index contributed by atoms with van der Waals surface area (Å²) in [5.74, 6) is 0.874. The maximum absolute atomic E-state index is 12.2. The normalized spacial score (nSPS) is 23.6. The molecule has 6 heteroatoms. The molecular weight excluding hydrogens is 244 g/mol. The lowest BCUT2D eigenvalue weighted by atomic mass is 9.99. The van der Waals surface area contributed by atoms with Crippen molar-refractivity contribution >= 4 is 5.91 Å². The van der Waals surface area contributed by atoms with Crippen LogP contribution in [0.2, 0.25) is 0 Å². The summed E-state index contributed by atoms with van der Waals surface area (Å²) < 4.78 is 1.64. The lowest BCUT2D eigenvalue weighted by Crippen LogP contribution is -2.42. The number of piperidine rings is 1. The fraction of sp³-hybridized carbons (Fsp3) is 0.769. The summed E-state index contributed by atoms with van der Waals surface area (Å²) in [5, 5.41) is 17.3. The van der Waals surface area contributed by atoms with Gasteiger partial charge in [-0.05, 0) is 31.6 Å². The Kier molecular flexibility index (Phi) is 3.50. The molecule has 1 aliphatic heterocycles. The molecule has 2 fully saturated rings. The Balaban J connectivity index is 1.57. The highest BCUT2D eigenvalue weighted by molar-refractivity contribution is 5.76. The molecule has 1 atom stereocenters. The number of carbonyl (C=O) groups excluding carboxylic acids is 1. The van der Waals surface area contributed by atoms with E-state index in [1.54, 1.807) is 4.68 Å². The van der Waals surface area contributed by atoms with E-state index >= 15 is 0 Å². The average molecular weight is 264 g/mol. The van der Waals surface area contributed by atoms with Gasteiger partial charge in [-0.2, -0.15) is 0 Å². The molecule has 19 heavy (non-hydrogen) atoms. The Hall–Kier alpha value is -1.43. The largest absolute Gasteiger partial charge is 0.396 e. The highest BCUT2D eigenvalue weighted by atomic mass is 16.3. The van der Waals surface area contributed by atoms with Gasteiger partial charge in [0.1, 0.15) is 6.54 Å². The minimum Gasteiger partial charge on any atom is -0.396 e. The molecule has 104 valence electrons. The molecular formula is C13H20N4O2. The number of aromatic nitrogens is 3. The van der Waals surface area contributed by atoms with Crippen LogP contribution in [0.25, 0.3) is 0 Å². The van der Waals surface area contributed by atoms with E-state index in [0.29, 0.717) is 12.5 Å². The van der Waals surface area contributed by atoms with Crippen LogP contribution in [0, 0.1) is 5.92 Å². The molecule has 3 rings (SSSR count). The van der Waals surface area contributed by atoms with Gasteiger partial charge in [-0.15, -0.1) is 5.10 Å². The van der Waals surface area contributed by atoms with Crippen molar-refractivity contribution < 1.29 is 9.90 Å². The molecule has 1 saturated heterocycles. The van der Waals surface area contributed by atoms with Gasteiger partial charge in [-0.25, -0.2) is 4.68 Å². The standard InChI is InChI=1S/C13H20N4O2/c18-9-10-2-1-5-16(6-10)13(19)8-17-7-12(14-15-17)11-3-4-11/h7,10-11,18H,1-6,8-9H2. The fourth-order valence-corrected chi connectivity index (χ4v) is 2.64. The van der Waals surface area contributed by atoms with E-state index in [2.05, 4.69) is 10.3 Å². The van der Waals surface area contributed by atoms with E-state index in [9.17, 15) is 9.90 Å². The first-order valence-electron chi connectivity index (χ1n) is 7.05. The molecule has 2 aliphatic rings. The maximum Gasteiger partial charge on any atom is 0.244 e. The summed E-state index contributed by atoms with van der Waals surface area (Å²) >= 11 is 0. The molecule has 1 amide bonds. The van der Waals surface area contributed by atoms with Crippen LogP contribution in [0.1, 0.15) is 37.3 Å². The summed E-state index contributed by atoms with van der Waals surface area (Å²) in [6.07, 6.45) is 6.26. The highest BCUT2D eigenvalue weighted by Gasteiger charge is 2.27. The summed E-state index contributed by atoms with van der Waals surface area (Å²) in [6, 6.07) is 0. The van der Waals surface area contributed by atoms with Crippen molar-refractivity contribution in [3.05, 3.63) is 11.9 Å². The van der Waals surface area contributed by atoms with Crippen molar-refractivity contribution in [2.75, 3.05) is 19.7 Å². The maximum atomic E-state index is 12.2. The van der Waals surface area contributed by atoms with Gasteiger partial charge in [0.2, 0.25) is 5.91 Å². The predicted octanol–water partition coefficient (Wildman–Crippen LogP) is 0.386. The van der Waals surface area contributed by atoms with E-state index < -0.39 is 0 Å². The first kappa shape index (κ1) is 12.6. The van der Waals surface area contributed by atoms with Crippen LogP contribution in [0.3, 0.4) is 0 Å². The Labute approximate surface area is 112 Å². The van der Waals surface area contributed by atoms with Gasteiger partial charge in [-0.1, -0.05) is 5.21 Å². The van der Waals surface area contributed by atoms with Crippen LogP contribution in [0.15, 0.2) is 6.20 Å². The van der Waals surface area contributed by atoms with E-state index in [-0.39, 0.29) is 25.0 Å². The van der Waals surface area contributed by atoms with Gasteiger partial charge in [0, 0.05) is 31.8 Å².